The van der Waals surface area contributed by atoms with Crippen LogP contribution in [-0.2, 0) is 14.3 Å². The number of Topliss-reactive ketones (excluding diaryl/α,β-unsaturated/α-hetero) is 1. The predicted molar refractivity (Wildman–Crippen MR) is 112 cm³/mol. The molecular weight excluding hydrogens is 384 g/mol. The largest absolute Gasteiger partial charge is 0.298 e. The van der Waals surface area contributed by atoms with Crippen LogP contribution in [0.1, 0.15) is 22.0 Å². The molecule has 4 nitrogen and oxygen atoms in total. The highest BCUT2D eigenvalue weighted by atomic mass is 32.2. The van der Waals surface area contributed by atoms with Crippen molar-refractivity contribution in [3.05, 3.63) is 114 Å². The molecule has 0 spiro atoms. The van der Waals surface area contributed by atoms with E-state index in [0.717, 1.165) is 10.8 Å². The molecule has 0 bridgehead atoms. The van der Waals surface area contributed by atoms with Crippen LogP contribution < -0.4 is 0 Å². The van der Waals surface area contributed by atoms with Crippen molar-refractivity contribution < 1.29 is 17.4 Å². The van der Waals surface area contributed by atoms with Crippen LogP contribution in [0.15, 0.2) is 108 Å². The number of fused-ring (bicyclic) bond motifs is 1. The van der Waals surface area contributed by atoms with Crippen molar-refractivity contribution in [3.8, 4) is 0 Å². The summed E-state index contributed by atoms with van der Waals surface area (Å²) in [5.74, 6) is -0.416. The average molecular weight is 402 g/mol. The lowest BCUT2D eigenvalue weighted by molar-refractivity contribution is 0.0801. The number of hydrogen-bond donors (Lipinski definition) is 0. The molecule has 0 amide bonds. The highest BCUT2D eigenvalue weighted by Crippen LogP contribution is 2.28. The van der Waals surface area contributed by atoms with Crippen LogP contribution in [0.25, 0.3) is 10.8 Å². The number of carbonyl (C=O) groups is 1. The van der Waals surface area contributed by atoms with Gasteiger partial charge in [-0.15, -0.1) is 0 Å². The maximum absolute atomic E-state index is 13.1. The van der Waals surface area contributed by atoms with Crippen molar-refractivity contribution in [3.63, 3.8) is 0 Å². The summed E-state index contributed by atoms with van der Waals surface area (Å²) < 4.78 is 31.5. The summed E-state index contributed by atoms with van der Waals surface area (Å²) in [6, 6.07) is 29.4. The summed E-state index contributed by atoms with van der Waals surface area (Å²) in [5, 5.41) is 1.70. The minimum atomic E-state index is -4.17. The third-order valence-corrected chi connectivity index (χ3v) is 5.91. The zero-order valence-electron chi connectivity index (χ0n) is 15.4. The van der Waals surface area contributed by atoms with Crippen LogP contribution in [0, 0.1) is 0 Å². The number of benzene rings is 4. The fraction of sp³-hybridized carbons (Fsp3) is 0.0417. The molecule has 0 heterocycles. The van der Waals surface area contributed by atoms with Gasteiger partial charge in [0.1, 0.15) is 0 Å². The summed E-state index contributed by atoms with van der Waals surface area (Å²) >= 11 is 0. The average Bonchev–Trinajstić information content (AvgIpc) is 2.78. The number of rotatable bonds is 6. The third-order valence-electron chi connectivity index (χ3n) is 4.63. The van der Waals surface area contributed by atoms with E-state index in [2.05, 4.69) is 0 Å². The van der Waals surface area contributed by atoms with Crippen LogP contribution >= 0.6 is 0 Å². The number of hydrogen-bond acceptors (Lipinski definition) is 4. The monoisotopic (exact) mass is 402 g/mol. The Kier molecular flexibility index (Phi) is 5.25. The molecule has 0 N–H and O–H groups in total. The van der Waals surface area contributed by atoms with Gasteiger partial charge in [-0.25, -0.2) is 4.18 Å². The van der Waals surface area contributed by atoms with E-state index in [1.54, 1.807) is 72.8 Å². The van der Waals surface area contributed by atoms with E-state index in [1.165, 1.54) is 6.07 Å². The molecule has 4 rings (SSSR count). The van der Waals surface area contributed by atoms with Crippen molar-refractivity contribution in [1.29, 1.82) is 0 Å². The first-order chi connectivity index (χ1) is 14.0. The van der Waals surface area contributed by atoms with Crippen LogP contribution in [0.3, 0.4) is 0 Å². The quantitative estimate of drug-likeness (QED) is 0.330. The van der Waals surface area contributed by atoms with Gasteiger partial charge < -0.3 is 0 Å². The Balaban J connectivity index is 1.73. The summed E-state index contributed by atoms with van der Waals surface area (Å²) in [5.41, 5.74) is 0.862. The van der Waals surface area contributed by atoms with Crippen LogP contribution in [0.5, 0.6) is 0 Å². The zero-order chi connectivity index (χ0) is 20.3. The van der Waals surface area contributed by atoms with E-state index in [-0.39, 0.29) is 4.90 Å². The Bertz CT molecular complexity index is 1250. The summed E-state index contributed by atoms with van der Waals surface area (Å²) in [6.45, 7) is 0. The fourth-order valence-corrected chi connectivity index (χ4v) is 4.21. The summed E-state index contributed by atoms with van der Waals surface area (Å²) in [6.07, 6.45) is -1.27. The molecule has 144 valence electrons. The molecular formula is C24H18O4S. The second-order valence-corrected chi connectivity index (χ2v) is 8.15. The third kappa shape index (κ3) is 4.11. The van der Waals surface area contributed by atoms with Crippen molar-refractivity contribution in [1.82, 2.24) is 0 Å². The first-order valence-electron chi connectivity index (χ1n) is 9.11. The summed E-state index contributed by atoms with van der Waals surface area (Å²) in [7, 11) is -4.17. The smallest absolute Gasteiger partial charge is 0.291 e. The Hall–Kier alpha value is -3.28. The maximum Gasteiger partial charge on any atom is 0.298 e. The lowest BCUT2D eigenvalue weighted by Gasteiger charge is -2.17. The molecule has 1 atom stereocenters. The zero-order valence-corrected chi connectivity index (χ0v) is 16.3. The van der Waals surface area contributed by atoms with Gasteiger partial charge in [-0.05, 0) is 28.5 Å². The summed E-state index contributed by atoms with van der Waals surface area (Å²) in [4.78, 5) is 13.1. The topological polar surface area (TPSA) is 60.4 Å². The van der Waals surface area contributed by atoms with E-state index in [9.17, 15) is 13.2 Å². The minimum Gasteiger partial charge on any atom is -0.291 e. The van der Waals surface area contributed by atoms with Crippen LogP contribution in [0.2, 0.25) is 0 Å². The molecule has 0 saturated carbocycles. The van der Waals surface area contributed by atoms with E-state index in [1.807, 2.05) is 24.3 Å². The molecule has 0 aromatic heterocycles. The van der Waals surface area contributed by atoms with Crippen LogP contribution in [0.4, 0.5) is 0 Å². The van der Waals surface area contributed by atoms with Gasteiger partial charge in [-0.3, -0.25) is 4.79 Å². The molecule has 4 aromatic carbocycles. The van der Waals surface area contributed by atoms with Crippen molar-refractivity contribution in [2.24, 2.45) is 0 Å². The molecule has 29 heavy (non-hydrogen) atoms. The fourth-order valence-electron chi connectivity index (χ4n) is 3.14. The SMILES string of the molecule is O=C(c1ccccc1)C(OS(=O)(=O)c1ccc2ccccc2c1)c1ccccc1. The molecule has 0 aliphatic heterocycles. The Morgan fingerprint density at radius 1 is 0.690 bits per heavy atom. The highest BCUT2D eigenvalue weighted by molar-refractivity contribution is 7.86. The second-order valence-electron chi connectivity index (χ2n) is 6.58. The predicted octanol–water partition coefficient (Wildman–Crippen LogP) is 5.17. The first kappa shape index (κ1) is 19.1. The van der Waals surface area contributed by atoms with E-state index >= 15 is 0 Å². The van der Waals surface area contributed by atoms with Gasteiger partial charge in [0.15, 0.2) is 11.9 Å². The normalized spacial score (nSPS) is 12.6. The Morgan fingerprint density at radius 3 is 1.97 bits per heavy atom. The van der Waals surface area contributed by atoms with Crippen molar-refractivity contribution in [2.45, 2.75) is 11.0 Å². The number of carbonyl (C=O) groups excluding carboxylic acids is 1. The lowest BCUT2D eigenvalue weighted by atomic mass is 10.0. The Labute approximate surface area is 169 Å². The second kappa shape index (κ2) is 7.99. The molecule has 4 aromatic rings. The highest BCUT2D eigenvalue weighted by Gasteiger charge is 2.30. The van der Waals surface area contributed by atoms with Gasteiger partial charge in [-0.2, -0.15) is 8.42 Å². The molecule has 0 saturated heterocycles. The lowest BCUT2D eigenvalue weighted by Crippen LogP contribution is -2.20. The van der Waals surface area contributed by atoms with Crippen LogP contribution in [-0.4, -0.2) is 14.2 Å². The van der Waals surface area contributed by atoms with Gasteiger partial charge in [0, 0.05) is 5.56 Å². The van der Waals surface area contributed by atoms with E-state index in [0.29, 0.717) is 11.1 Å². The van der Waals surface area contributed by atoms with Gasteiger partial charge in [0.05, 0.1) is 4.90 Å². The van der Waals surface area contributed by atoms with Gasteiger partial charge in [0.25, 0.3) is 10.1 Å². The van der Waals surface area contributed by atoms with E-state index in [4.69, 9.17) is 4.18 Å². The standard InChI is InChI=1S/C24H18O4S/c25-23(19-10-3-1-4-11-19)24(20-12-5-2-6-13-20)28-29(26,27)22-16-15-18-9-7-8-14-21(18)17-22/h1-17,24H. The van der Waals surface area contributed by atoms with Gasteiger partial charge in [0.2, 0.25) is 0 Å². The molecule has 1 unspecified atom stereocenters. The van der Waals surface area contributed by atoms with Gasteiger partial charge >= 0.3 is 0 Å². The van der Waals surface area contributed by atoms with Crippen molar-refractivity contribution in [2.75, 3.05) is 0 Å². The van der Waals surface area contributed by atoms with E-state index < -0.39 is 22.0 Å². The molecule has 5 heteroatoms. The molecule has 0 aliphatic carbocycles. The molecule has 0 radical (unpaired) electrons. The number of ketones is 1. The van der Waals surface area contributed by atoms with Gasteiger partial charge in [-0.1, -0.05) is 91.0 Å². The van der Waals surface area contributed by atoms with Crippen molar-refractivity contribution >= 4 is 26.7 Å². The molecule has 0 fully saturated rings. The maximum atomic E-state index is 13.1. The molecule has 0 aliphatic rings. The first-order valence-corrected chi connectivity index (χ1v) is 10.5. The Morgan fingerprint density at radius 2 is 1.28 bits per heavy atom. The minimum absolute atomic E-state index is 0.0120.